The molecule has 1 aliphatic rings. The smallest absolute Gasteiger partial charge is 0.264 e. The molecule has 1 aliphatic heterocycles. The Kier molecular flexibility index (Phi) is 6.62. The van der Waals surface area contributed by atoms with E-state index in [1.165, 1.54) is 23.7 Å². The molecule has 2 aromatic carbocycles. The maximum absolute atomic E-state index is 13.3. The molecule has 0 aliphatic carbocycles. The van der Waals surface area contributed by atoms with Gasteiger partial charge in [-0.1, -0.05) is 39.8 Å². The maximum atomic E-state index is 13.3. The minimum absolute atomic E-state index is 0.0834. The van der Waals surface area contributed by atoms with Crippen LogP contribution >= 0.6 is 27.7 Å². The second-order valence-corrected chi connectivity index (χ2v) is 8.29. The maximum Gasteiger partial charge on any atom is 0.264 e. The van der Waals surface area contributed by atoms with Crippen LogP contribution < -0.4 is 15.0 Å². The van der Waals surface area contributed by atoms with Gasteiger partial charge in [0.2, 0.25) is 5.91 Å². The first kappa shape index (κ1) is 21.0. The molecule has 3 rings (SSSR count). The van der Waals surface area contributed by atoms with Crippen molar-refractivity contribution in [3.05, 3.63) is 69.2 Å². The lowest BCUT2D eigenvalue weighted by molar-refractivity contribution is -0.117. The van der Waals surface area contributed by atoms with Crippen LogP contribution in [0.5, 0.6) is 5.75 Å². The van der Waals surface area contributed by atoms with Crippen molar-refractivity contribution in [2.45, 2.75) is 11.7 Å². The molecule has 29 heavy (non-hydrogen) atoms. The Morgan fingerprint density at radius 1 is 1.24 bits per heavy atom. The molecule has 6 nitrogen and oxygen atoms in total. The molecule has 0 radical (unpaired) electrons. The Hall–Kier alpha value is -2.76. The van der Waals surface area contributed by atoms with Gasteiger partial charge in [0.05, 0.1) is 12.4 Å². The highest BCUT2D eigenvalue weighted by atomic mass is 79.9. The number of carbonyl (C=O) groups is 2. The molecular formula is C21H18BrN3O3S. The Morgan fingerprint density at radius 2 is 1.90 bits per heavy atom. The molecule has 0 spiro atoms. The number of nitrogens with zero attached hydrogens (tertiary/aromatic N) is 2. The average Bonchev–Trinajstić information content (AvgIpc) is 3.05. The summed E-state index contributed by atoms with van der Waals surface area (Å²) in [6.45, 7) is 0. The van der Waals surface area contributed by atoms with Crippen LogP contribution in [0.25, 0.3) is 0 Å². The molecule has 1 N–H and O–H groups in total. The van der Waals surface area contributed by atoms with Gasteiger partial charge in [0, 0.05) is 17.2 Å². The Labute approximate surface area is 181 Å². The predicted molar refractivity (Wildman–Crippen MR) is 116 cm³/mol. The monoisotopic (exact) mass is 471 g/mol. The molecule has 0 aromatic heterocycles. The molecule has 1 heterocycles. The number of methoxy groups -OCH3 is 1. The first-order valence-corrected chi connectivity index (χ1v) is 10.4. The first-order valence-electron chi connectivity index (χ1n) is 8.74. The summed E-state index contributed by atoms with van der Waals surface area (Å²) in [6, 6.07) is 16.6. The number of nitrogens with one attached hydrogen (secondary N) is 1. The molecule has 2 amide bonds. The minimum atomic E-state index is -0.523. The number of halogens is 1. The fourth-order valence-corrected chi connectivity index (χ4v) is 4.49. The topological polar surface area (TPSA) is 82.4 Å². The van der Waals surface area contributed by atoms with Gasteiger partial charge >= 0.3 is 0 Å². The average molecular weight is 472 g/mol. The summed E-state index contributed by atoms with van der Waals surface area (Å²) >= 11 is 4.64. The van der Waals surface area contributed by atoms with E-state index in [9.17, 15) is 14.9 Å². The van der Waals surface area contributed by atoms with Crippen molar-refractivity contribution >= 4 is 45.2 Å². The summed E-state index contributed by atoms with van der Waals surface area (Å²) < 4.78 is 6.14. The molecule has 2 aromatic rings. The van der Waals surface area contributed by atoms with Crippen molar-refractivity contribution in [3.8, 4) is 11.8 Å². The fraction of sp³-hybridized carbons (Fsp3) is 0.190. The lowest BCUT2D eigenvalue weighted by Crippen LogP contribution is -2.31. The summed E-state index contributed by atoms with van der Waals surface area (Å²) in [5.74, 6) is -0.0443. The van der Waals surface area contributed by atoms with Crippen LogP contribution in [0.4, 0.5) is 5.69 Å². The van der Waals surface area contributed by atoms with Crippen molar-refractivity contribution in [1.82, 2.24) is 5.32 Å². The number of benzene rings is 2. The highest BCUT2D eigenvalue weighted by Crippen LogP contribution is 2.42. The zero-order chi connectivity index (χ0) is 21.0. The van der Waals surface area contributed by atoms with Crippen molar-refractivity contribution < 1.29 is 14.3 Å². The molecule has 1 unspecified atom stereocenters. The molecule has 1 saturated heterocycles. The first-order chi connectivity index (χ1) is 14.0. The third-order valence-corrected chi connectivity index (χ3v) is 6.19. The number of rotatable bonds is 5. The quantitative estimate of drug-likeness (QED) is 0.531. The van der Waals surface area contributed by atoms with E-state index >= 15 is 0 Å². The number of hydrogen-bond acceptors (Lipinski definition) is 5. The van der Waals surface area contributed by atoms with E-state index in [0.29, 0.717) is 22.9 Å². The lowest BCUT2D eigenvalue weighted by atomic mass is 10.1. The van der Waals surface area contributed by atoms with Gasteiger partial charge in [-0.05, 0) is 48.4 Å². The SMILES string of the molecule is CNC(=O)/C(C#N)=C1\SC(Cc2ccc(Br)cc2)C(=O)N1c1ccc(OC)cc1. The number of nitriles is 1. The third kappa shape index (κ3) is 4.47. The molecule has 8 heteroatoms. The van der Waals surface area contributed by atoms with Crippen molar-refractivity contribution in [2.75, 3.05) is 19.1 Å². The lowest BCUT2D eigenvalue weighted by Gasteiger charge is -2.18. The van der Waals surface area contributed by atoms with E-state index < -0.39 is 11.2 Å². The number of amides is 2. The van der Waals surface area contributed by atoms with Crippen LogP contribution in [0.15, 0.2) is 63.6 Å². The highest BCUT2D eigenvalue weighted by molar-refractivity contribution is 9.10. The summed E-state index contributed by atoms with van der Waals surface area (Å²) in [6.07, 6.45) is 0.486. The van der Waals surface area contributed by atoms with Crippen LogP contribution in [-0.2, 0) is 16.0 Å². The zero-order valence-electron chi connectivity index (χ0n) is 15.8. The molecule has 1 fully saturated rings. The molecule has 148 valence electrons. The summed E-state index contributed by atoms with van der Waals surface area (Å²) in [5, 5.41) is 11.9. The summed E-state index contributed by atoms with van der Waals surface area (Å²) in [5.41, 5.74) is 1.49. The van der Waals surface area contributed by atoms with Gasteiger partial charge in [0.15, 0.2) is 0 Å². The fourth-order valence-electron chi connectivity index (χ4n) is 2.91. The Balaban J connectivity index is 2.02. The van der Waals surface area contributed by atoms with Gasteiger partial charge in [0.1, 0.15) is 22.4 Å². The molecule has 0 saturated carbocycles. The number of ether oxygens (including phenoxy) is 1. The van der Waals surface area contributed by atoms with E-state index in [1.807, 2.05) is 30.3 Å². The van der Waals surface area contributed by atoms with E-state index in [-0.39, 0.29) is 11.5 Å². The summed E-state index contributed by atoms with van der Waals surface area (Å²) in [7, 11) is 3.02. The number of hydrogen-bond donors (Lipinski definition) is 1. The number of anilines is 1. The van der Waals surface area contributed by atoms with Gasteiger partial charge in [-0.3, -0.25) is 14.5 Å². The highest BCUT2D eigenvalue weighted by Gasteiger charge is 2.40. The van der Waals surface area contributed by atoms with Crippen LogP contribution in [0.2, 0.25) is 0 Å². The predicted octanol–water partition coefficient (Wildman–Crippen LogP) is 3.63. The standard InChI is InChI=1S/C21H18BrN3O3S/c1-24-19(26)17(12-23)21-25(15-7-9-16(28-2)10-8-15)20(27)18(29-21)11-13-3-5-14(22)6-4-13/h3-10,18H,11H2,1-2H3,(H,24,26)/b21-17-. The van der Waals surface area contributed by atoms with Crippen molar-refractivity contribution in [1.29, 1.82) is 5.26 Å². The number of likely N-dealkylation sites (N-methyl/N-ethyl adjacent to an activating group) is 1. The second-order valence-electron chi connectivity index (χ2n) is 6.18. The van der Waals surface area contributed by atoms with Gasteiger partial charge in [-0.2, -0.15) is 5.26 Å². The Morgan fingerprint density at radius 3 is 2.45 bits per heavy atom. The van der Waals surface area contributed by atoms with Crippen LogP contribution in [0, 0.1) is 11.3 Å². The third-order valence-electron chi connectivity index (χ3n) is 4.40. The van der Waals surface area contributed by atoms with Gasteiger partial charge < -0.3 is 10.1 Å². The van der Waals surface area contributed by atoms with Gasteiger partial charge in [-0.15, -0.1) is 0 Å². The minimum Gasteiger partial charge on any atom is -0.497 e. The van der Waals surface area contributed by atoms with Crippen LogP contribution in [-0.4, -0.2) is 31.2 Å². The van der Waals surface area contributed by atoms with E-state index in [1.54, 1.807) is 31.4 Å². The van der Waals surface area contributed by atoms with Gasteiger partial charge in [-0.25, -0.2) is 0 Å². The van der Waals surface area contributed by atoms with Gasteiger partial charge in [0.25, 0.3) is 5.91 Å². The van der Waals surface area contributed by atoms with Crippen molar-refractivity contribution in [3.63, 3.8) is 0 Å². The molecule has 1 atom stereocenters. The largest absolute Gasteiger partial charge is 0.497 e. The van der Waals surface area contributed by atoms with Crippen molar-refractivity contribution in [2.24, 2.45) is 0 Å². The van der Waals surface area contributed by atoms with E-state index in [2.05, 4.69) is 21.2 Å². The number of carbonyl (C=O) groups excluding carboxylic acids is 2. The second kappa shape index (κ2) is 9.16. The molecule has 0 bridgehead atoms. The summed E-state index contributed by atoms with van der Waals surface area (Å²) in [4.78, 5) is 27.0. The van der Waals surface area contributed by atoms with Crippen LogP contribution in [0.1, 0.15) is 5.56 Å². The van der Waals surface area contributed by atoms with E-state index in [4.69, 9.17) is 4.74 Å². The molecular weight excluding hydrogens is 454 g/mol. The normalized spacial score (nSPS) is 17.7. The van der Waals surface area contributed by atoms with E-state index in [0.717, 1.165) is 10.0 Å². The zero-order valence-corrected chi connectivity index (χ0v) is 18.2. The number of thioether (sulfide) groups is 1. The van der Waals surface area contributed by atoms with Crippen LogP contribution in [0.3, 0.4) is 0 Å². The Bertz CT molecular complexity index is 997.